The minimum Gasteiger partial charge on any atom is -0.378 e. The summed E-state index contributed by atoms with van der Waals surface area (Å²) >= 11 is 1.46. The third kappa shape index (κ3) is 2.37. The van der Waals surface area contributed by atoms with Crippen molar-refractivity contribution in [3.05, 3.63) is 21.9 Å². The van der Waals surface area contributed by atoms with Crippen molar-refractivity contribution in [1.29, 1.82) is 0 Å². The zero-order valence-corrected chi connectivity index (χ0v) is 9.26. The van der Waals surface area contributed by atoms with E-state index in [4.69, 9.17) is 10.5 Å². The van der Waals surface area contributed by atoms with Crippen LogP contribution in [0.15, 0.2) is 11.4 Å². The van der Waals surface area contributed by atoms with Crippen LogP contribution >= 0.6 is 11.3 Å². The molecule has 1 fully saturated rings. The summed E-state index contributed by atoms with van der Waals surface area (Å²) in [6.45, 7) is 3.15. The molecule has 1 aromatic rings. The van der Waals surface area contributed by atoms with Crippen LogP contribution in [0.1, 0.15) is 15.2 Å². The molecule has 15 heavy (non-hydrogen) atoms. The van der Waals surface area contributed by atoms with Crippen molar-refractivity contribution < 1.29 is 9.53 Å². The van der Waals surface area contributed by atoms with Crippen LogP contribution in [0.2, 0.25) is 0 Å². The van der Waals surface area contributed by atoms with E-state index in [1.54, 1.807) is 0 Å². The van der Waals surface area contributed by atoms with Crippen molar-refractivity contribution in [2.45, 2.75) is 6.54 Å². The zero-order chi connectivity index (χ0) is 10.7. The molecular formula is C10H14N2O2S. The smallest absolute Gasteiger partial charge is 0.264 e. The van der Waals surface area contributed by atoms with Gasteiger partial charge in [-0.2, -0.15) is 0 Å². The molecule has 1 aromatic heterocycles. The number of rotatable bonds is 2. The normalized spacial score (nSPS) is 16.7. The molecule has 1 aliphatic heterocycles. The fourth-order valence-corrected chi connectivity index (χ4v) is 2.41. The minimum atomic E-state index is 0.100. The van der Waals surface area contributed by atoms with Crippen LogP contribution in [0, 0.1) is 0 Å². The Morgan fingerprint density at radius 1 is 1.53 bits per heavy atom. The lowest BCUT2D eigenvalue weighted by atomic mass is 10.3. The first-order valence-electron chi connectivity index (χ1n) is 4.96. The fourth-order valence-electron chi connectivity index (χ4n) is 1.52. The standard InChI is InChI=1S/C10H14N2O2S/c11-6-8-5-9(15-7-8)10(13)12-1-3-14-4-2-12/h5,7H,1-4,6,11H2. The molecule has 2 rings (SSSR count). The molecule has 5 heteroatoms. The average molecular weight is 226 g/mol. The molecule has 0 radical (unpaired) electrons. The highest BCUT2D eigenvalue weighted by Gasteiger charge is 2.19. The Labute approximate surface area is 92.6 Å². The summed E-state index contributed by atoms with van der Waals surface area (Å²) in [6, 6.07) is 1.88. The maximum Gasteiger partial charge on any atom is 0.264 e. The number of carbonyl (C=O) groups is 1. The van der Waals surface area contributed by atoms with Crippen LogP contribution in [0.5, 0.6) is 0 Å². The summed E-state index contributed by atoms with van der Waals surface area (Å²) in [5.74, 6) is 0.100. The zero-order valence-electron chi connectivity index (χ0n) is 8.44. The van der Waals surface area contributed by atoms with E-state index in [0.29, 0.717) is 32.8 Å². The van der Waals surface area contributed by atoms with Gasteiger partial charge in [0.2, 0.25) is 0 Å². The Kier molecular flexibility index (Phi) is 3.35. The van der Waals surface area contributed by atoms with Crippen molar-refractivity contribution in [3.63, 3.8) is 0 Å². The lowest BCUT2D eigenvalue weighted by Crippen LogP contribution is -2.40. The van der Waals surface area contributed by atoms with Gasteiger partial charge in [0.1, 0.15) is 0 Å². The van der Waals surface area contributed by atoms with Crippen molar-refractivity contribution in [2.75, 3.05) is 26.3 Å². The number of hydrogen-bond donors (Lipinski definition) is 1. The highest BCUT2D eigenvalue weighted by atomic mass is 32.1. The van der Waals surface area contributed by atoms with Crippen molar-refractivity contribution in [3.8, 4) is 0 Å². The predicted octanol–water partition coefficient (Wildman–Crippen LogP) is 0.679. The van der Waals surface area contributed by atoms with Gasteiger partial charge >= 0.3 is 0 Å². The minimum absolute atomic E-state index is 0.100. The van der Waals surface area contributed by atoms with Crippen molar-refractivity contribution in [1.82, 2.24) is 4.90 Å². The van der Waals surface area contributed by atoms with E-state index in [-0.39, 0.29) is 5.91 Å². The van der Waals surface area contributed by atoms with Crippen LogP contribution < -0.4 is 5.73 Å². The number of amides is 1. The van der Waals surface area contributed by atoms with Crippen molar-refractivity contribution >= 4 is 17.2 Å². The lowest BCUT2D eigenvalue weighted by molar-refractivity contribution is 0.0306. The van der Waals surface area contributed by atoms with E-state index in [1.165, 1.54) is 11.3 Å². The summed E-state index contributed by atoms with van der Waals surface area (Å²) in [7, 11) is 0. The number of nitrogens with zero attached hydrogens (tertiary/aromatic N) is 1. The van der Waals surface area contributed by atoms with Gasteiger partial charge in [0.15, 0.2) is 0 Å². The second kappa shape index (κ2) is 4.74. The number of thiophene rings is 1. The van der Waals surface area contributed by atoms with Crippen LogP contribution in [-0.4, -0.2) is 37.1 Å². The molecular weight excluding hydrogens is 212 g/mol. The summed E-state index contributed by atoms with van der Waals surface area (Å²) in [4.78, 5) is 14.6. The molecule has 2 N–H and O–H groups in total. The number of nitrogens with two attached hydrogens (primary N) is 1. The first kappa shape index (κ1) is 10.6. The number of carbonyl (C=O) groups excluding carboxylic acids is 1. The molecule has 0 unspecified atom stereocenters. The second-order valence-electron chi connectivity index (χ2n) is 3.43. The third-order valence-electron chi connectivity index (χ3n) is 2.40. The monoisotopic (exact) mass is 226 g/mol. The SMILES string of the molecule is NCc1csc(C(=O)N2CCOCC2)c1. The summed E-state index contributed by atoms with van der Waals surface area (Å²) in [5.41, 5.74) is 6.53. The molecule has 1 saturated heterocycles. The molecule has 4 nitrogen and oxygen atoms in total. The quantitative estimate of drug-likeness (QED) is 0.806. The van der Waals surface area contributed by atoms with Crippen LogP contribution in [-0.2, 0) is 11.3 Å². The Morgan fingerprint density at radius 2 is 2.27 bits per heavy atom. The van der Waals surface area contributed by atoms with E-state index < -0.39 is 0 Å². The molecule has 82 valence electrons. The molecule has 0 bridgehead atoms. The van der Waals surface area contributed by atoms with Crippen LogP contribution in [0.4, 0.5) is 0 Å². The molecule has 0 aromatic carbocycles. The Bertz CT molecular complexity index is 345. The van der Waals surface area contributed by atoms with E-state index in [9.17, 15) is 4.79 Å². The lowest BCUT2D eigenvalue weighted by Gasteiger charge is -2.26. The second-order valence-corrected chi connectivity index (χ2v) is 4.34. The number of ether oxygens (including phenoxy) is 1. The third-order valence-corrected chi connectivity index (χ3v) is 3.37. The average Bonchev–Trinajstić information content (AvgIpc) is 2.78. The van der Waals surface area contributed by atoms with Gasteiger partial charge in [0.25, 0.3) is 5.91 Å². The van der Waals surface area contributed by atoms with E-state index in [2.05, 4.69) is 0 Å². The topological polar surface area (TPSA) is 55.6 Å². The first-order valence-corrected chi connectivity index (χ1v) is 5.83. The summed E-state index contributed by atoms with van der Waals surface area (Å²) in [6.07, 6.45) is 0. The van der Waals surface area contributed by atoms with Crippen LogP contribution in [0.3, 0.4) is 0 Å². The number of morpholine rings is 1. The van der Waals surface area contributed by atoms with E-state index >= 15 is 0 Å². The Balaban J connectivity index is 2.05. The highest BCUT2D eigenvalue weighted by Crippen LogP contribution is 2.17. The van der Waals surface area contributed by atoms with E-state index in [0.717, 1.165) is 10.4 Å². The predicted molar refractivity (Wildman–Crippen MR) is 58.9 cm³/mol. The first-order chi connectivity index (χ1) is 7.31. The van der Waals surface area contributed by atoms with Gasteiger partial charge < -0.3 is 15.4 Å². The molecule has 0 atom stereocenters. The largest absolute Gasteiger partial charge is 0.378 e. The van der Waals surface area contributed by atoms with Gasteiger partial charge in [0.05, 0.1) is 18.1 Å². The summed E-state index contributed by atoms with van der Waals surface area (Å²) < 4.78 is 5.20. The van der Waals surface area contributed by atoms with E-state index in [1.807, 2.05) is 16.3 Å². The molecule has 0 aliphatic carbocycles. The highest BCUT2D eigenvalue weighted by molar-refractivity contribution is 7.12. The Hall–Kier alpha value is -0.910. The van der Waals surface area contributed by atoms with Crippen molar-refractivity contribution in [2.24, 2.45) is 5.73 Å². The molecule has 0 saturated carbocycles. The van der Waals surface area contributed by atoms with Gasteiger partial charge in [0, 0.05) is 19.6 Å². The Morgan fingerprint density at radius 3 is 2.87 bits per heavy atom. The molecule has 0 spiro atoms. The molecule has 1 amide bonds. The van der Waals surface area contributed by atoms with Gasteiger partial charge in [-0.05, 0) is 17.0 Å². The summed E-state index contributed by atoms with van der Waals surface area (Å²) in [5, 5.41) is 1.94. The fraction of sp³-hybridized carbons (Fsp3) is 0.500. The number of hydrogen-bond acceptors (Lipinski definition) is 4. The van der Waals surface area contributed by atoms with Gasteiger partial charge in [-0.25, -0.2) is 0 Å². The maximum atomic E-state index is 12.0. The maximum absolute atomic E-state index is 12.0. The molecule has 1 aliphatic rings. The van der Waals surface area contributed by atoms with Gasteiger partial charge in [-0.3, -0.25) is 4.79 Å². The van der Waals surface area contributed by atoms with Gasteiger partial charge in [-0.1, -0.05) is 0 Å². The molecule has 2 heterocycles. The van der Waals surface area contributed by atoms with Crippen LogP contribution in [0.25, 0.3) is 0 Å². The van der Waals surface area contributed by atoms with Gasteiger partial charge in [-0.15, -0.1) is 11.3 Å².